The molecule has 0 aromatic carbocycles. The van der Waals surface area contributed by atoms with Crippen molar-refractivity contribution < 1.29 is 9.53 Å². The number of rotatable bonds is 4. The monoisotopic (exact) mass is 291 g/mol. The van der Waals surface area contributed by atoms with E-state index in [9.17, 15) is 4.79 Å². The van der Waals surface area contributed by atoms with E-state index in [1.54, 1.807) is 19.2 Å². The van der Waals surface area contributed by atoms with E-state index in [-0.39, 0.29) is 5.97 Å². The van der Waals surface area contributed by atoms with Crippen LogP contribution < -0.4 is 10.6 Å². The third kappa shape index (κ3) is 3.46. The topological polar surface area (TPSA) is 68.5 Å². The highest BCUT2D eigenvalue weighted by molar-refractivity contribution is 5.97. The molecule has 1 aliphatic rings. The van der Waals surface area contributed by atoms with Gasteiger partial charge in [-0.2, -0.15) is 0 Å². The number of esters is 1. The predicted octanol–water partition coefficient (Wildman–Crippen LogP) is 2.86. The van der Waals surface area contributed by atoms with Gasteiger partial charge in [0.1, 0.15) is 0 Å². The fraction of sp³-hybridized carbons (Fsp3) is 0.625. The summed E-state index contributed by atoms with van der Waals surface area (Å²) >= 11 is 0. The van der Waals surface area contributed by atoms with Crippen LogP contribution >= 0.6 is 0 Å². The van der Waals surface area contributed by atoms with Gasteiger partial charge in [0.15, 0.2) is 5.82 Å². The van der Waals surface area contributed by atoms with Crippen molar-refractivity contribution in [3.8, 4) is 0 Å². The second-order valence-electron chi connectivity index (χ2n) is 5.84. The molecule has 1 fully saturated rings. The van der Waals surface area contributed by atoms with E-state index in [0.29, 0.717) is 29.7 Å². The standard InChI is InChI=1S/C16H25N3O2/c1-4-21-16(20)13-9-10-18-15(14(13)17)19(3)12-7-5-11(2)6-8-12/h9-12H,4-8,17H2,1-3H3. The van der Waals surface area contributed by atoms with Gasteiger partial charge >= 0.3 is 5.97 Å². The number of hydrogen-bond donors (Lipinski definition) is 1. The van der Waals surface area contributed by atoms with Crippen molar-refractivity contribution in [1.29, 1.82) is 0 Å². The zero-order valence-electron chi connectivity index (χ0n) is 13.1. The molecule has 1 aliphatic carbocycles. The molecule has 0 amide bonds. The number of carbonyl (C=O) groups excluding carboxylic acids is 1. The van der Waals surface area contributed by atoms with Crippen molar-refractivity contribution >= 4 is 17.5 Å². The van der Waals surface area contributed by atoms with Crippen LogP contribution in [-0.4, -0.2) is 30.6 Å². The summed E-state index contributed by atoms with van der Waals surface area (Å²) in [7, 11) is 2.01. The quantitative estimate of drug-likeness (QED) is 0.864. The summed E-state index contributed by atoms with van der Waals surface area (Å²) in [4.78, 5) is 18.4. The van der Waals surface area contributed by atoms with E-state index < -0.39 is 0 Å². The lowest BCUT2D eigenvalue weighted by Gasteiger charge is -2.35. The number of pyridine rings is 1. The Labute approximate surface area is 126 Å². The molecule has 0 aliphatic heterocycles. The van der Waals surface area contributed by atoms with E-state index in [4.69, 9.17) is 10.5 Å². The Morgan fingerprint density at radius 1 is 1.43 bits per heavy atom. The SMILES string of the molecule is CCOC(=O)c1ccnc(N(C)C2CCC(C)CC2)c1N. The molecule has 1 heterocycles. The summed E-state index contributed by atoms with van der Waals surface area (Å²) in [5, 5.41) is 0. The van der Waals surface area contributed by atoms with Crippen LogP contribution in [0.4, 0.5) is 11.5 Å². The fourth-order valence-corrected chi connectivity index (χ4v) is 2.93. The summed E-state index contributed by atoms with van der Waals surface area (Å²) in [5.41, 5.74) is 6.96. The van der Waals surface area contributed by atoms with Gasteiger partial charge in [-0.15, -0.1) is 0 Å². The summed E-state index contributed by atoms with van der Waals surface area (Å²) in [6.45, 7) is 4.42. The maximum absolute atomic E-state index is 11.9. The van der Waals surface area contributed by atoms with Crippen molar-refractivity contribution in [3.05, 3.63) is 17.8 Å². The third-order valence-corrected chi connectivity index (χ3v) is 4.33. The first-order valence-electron chi connectivity index (χ1n) is 7.69. The molecule has 116 valence electrons. The number of nitrogen functional groups attached to an aromatic ring is 1. The molecular formula is C16H25N3O2. The van der Waals surface area contributed by atoms with Crippen LogP contribution in [-0.2, 0) is 4.74 Å². The van der Waals surface area contributed by atoms with Crippen LogP contribution in [0.2, 0.25) is 0 Å². The molecule has 0 radical (unpaired) electrons. The van der Waals surface area contributed by atoms with Crippen LogP contribution in [0.3, 0.4) is 0 Å². The second-order valence-corrected chi connectivity index (χ2v) is 5.84. The third-order valence-electron chi connectivity index (χ3n) is 4.33. The molecule has 5 nitrogen and oxygen atoms in total. The number of nitrogens with two attached hydrogens (primary N) is 1. The van der Waals surface area contributed by atoms with Crippen LogP contribution in [0, 0.1) is 5.92 Å². The van der Waals surface area contributed by atoms with Crippen LogP contribution in [0.15, 0.2) is 12.3 Å². The first-order valence-corrected chi connectivity index (χ1v) is 7.69. The van der Waals surface area contributed by atoms with E-state index in [2.05, 4.69) is 16.8 Å². The second kappa shape index (κ2) is 6.78. The van der Waals surface area contributed by atoms with Crippen molar-refractivity contribution in [3.63, 3.8) is 0 Å². The van der Waals surface area contributed by atoms with Gasteiger partial charge in [0, 0.05) is 19.3 Å². The van der Waals surface area contributed by atoms with Gasteiger partial charge in [-0.25, -0.2) is 9.78 Å². The minimum absolute atomic E-state index is 0.340. The summed E-state index contributed by atoms with van der Waals surface area (Å²) in [6, 6.07) is 2.06. The van der Waals surface area contributed by atoms with Crippen LogP contribution in [0.5, 0.6) is 0 Å². The lowest BCUT2D eigenvalue weighted by molar-refractivity contribution is 0.0527. The van der Waals surface area contributed by atoms with Gasteiger partial charge < -0.3 is 15.4 Å². The first-order chi connectivity index (χ1) is 10.0. The minimum atomic E-state index is -0.385. The lowest BCUT2D eigenvalue weighted by Crippen LogP contribution is -2.36. The molecular weight excluding hydrogens is 266 g/mol. The highest BCUT2D eigenvalue weighted by atomic mass is 16.5. The molecule has 0 spiro atoms. The molecule has 1 aromatic heterocycles. The Bertz CT molecular complexity index is 496. The Hall–Kier alpha value is -1.78. The minimum Gasteiger partial charge on any atom is -0.462 e. The number of hydrogen-bond acceptors (Lipinski definition) is 5. The van der Waals surface area contributed by atoms with Gasteiger partial charge in [-0.3, -0.25) is 0 Å². The largest absolute Gasteiger partial charge is 0.462 e. The number of anilines is 2. The van der Waals surface area contributed by atoms with Crippen molar-refractivity contribution in [2.75, 3.05) is 24.3 Å². The summed E-state index contributed by atoms with van der Waals surface area (Å²) in [6.07, 6.45) is 6.36. The van der Waals surface area contributed by atoms with Crippen LogP contribution in [0.25, 0.3) is 0 Å². The smallest absolute Gasteiger partial charge is 0.340 e. The van der Waals surface area contributed by atoms with Gasteiger partial charge in [-0.1, -0.05) is 6.92 Å². The number of carbonyl (C=O) groups is 1. The maximum atomic E-state index is 11.9. The van der Waals surface area contributed by atoms with Gasteiger partial charge in [-0.05, 0) is 44.6 Å². The van der Waals surface area contributed by atoms with E-state index in [1.165, 1.54) is 12.8 Å². The Kier molecular flexibility index (Phi) is 5.04. The number of ether oxygens (including phenoxy) is 1. The lowest BCUT2D eigenvalue weighted by atomic mass is 9.87. The summed E-state index contributed by atoms with van der Waals surface area (Å²) < 4.78 is 5.04. The highest BCUT2D eigenvalue weighted by Crippen LogP contribution is 2.32. The molecule has 0 bridgehead atoms. The van der Waals surface area contributed by atoms with Gasteiger partial charge in [0.2, 0.25) is 0 Å². The molecule has 0 saturated heterocycles. The average molecular weight is 291 g/mol. The Balaban J connectivity index is 2.19. The molecule has 21 heavy (non-hydrogen) atoms. The van der Waals surface area contributed by atoms with E-state index >= 15 is 0 Å². The van der Waals surface area contributed by atoms with Gasteiger partial charge in [0.05, 0.1) is 17.9 Å². The molecule has 0 unspecified atom stereocenters. The summed E-state index contributed by atoms with van der Waals surface area (Å²) in [5.74, 6) is 1.09. The highest BCUT2D eigenvalue weighted by Gasteiger charge is 2.25. The average Bonchev–Trinajstić information content (AvgIpc) is 2.48. The molecule has 0 atom stereocenters. The molecule has 1 aromatic rings. The maximum Gasteiger partial charge on any atom is 0.340 e. The van der Waals surface area contributed by atoms with Crippen molar-refractivity contribution in [1.82, 2.24) is 4.98 Å². The fourth-order valence-electron chi connectivity index (χ4n) is 2.93. The molecule has 2 rings (SSSR count). The van der Waals surface area contributed by atoms with Crippen LogP contribution in [0.1, 0.15) is 49.9 Å². The Morgan fingerprint density at radius 2 is 2.10 bits per heavy atom. The van der Waals surface area contributed by atoms with Crippen molar-refractivity contribution in [2.24, 2.45) is 5.92 Å². The first kappa shape index (κ1) is 15.6. The normalized spacial score (nSPS) is 21.9. The number of aromatic nitrogens is 1. The van der Waals surface area contributed by atoms with E-state index in [1.807, 2.05) is 7.05 Å². The predicted molar refractivity (Wildman–Crippen MR) is 84.4 cm³/mol. The molecule has 1 saturated carbocycles. The van der Waals surface area contributed by atoms with Gasteiger partial charge in [0.25, 0.3) is 0 Å². The van der Waals surface area contributed by atoms with E-state index in [0.717, 1.165) is 18.8 Å². The zero-order valence-corrected chi connectivity index (χ0v) is 13.1. The zero-order chi connectivity index (χ0) is 15.4. The number of nitrogens with zero attached hydrogens (tertiary/aromatic N) is 2. The Morgan fingerprint density at radius 3 is 2.71 bits per heavy atom. The molecule has 5 heteroatoms. The molecule has 2 N–H and O–H groups in total. The van der Waals surface area contributed by atoms with Crippen molar-refractivity contribution in [2.45, 2.75) is 45.6 Å².